The number of aromatic nitrogens is 3. The molecule has 6 heteroatoms. The van der Waals surface area contributed by atoms with Crippen LogP contribution in [0.4, 0.5) is 0 Å². The van der Waals surface area contributed by atoms with Gasteiger partial charge >= 0.3 is 0 Å². The molecule has 2 heterocycles. The summed E-state index contributed by atoms with van der Waals surface area (Å²) in [6.45, 7) is 1.08. The van der Waals surface area contributed by atoms with Crippen molar-refractivity contribution < 1.29 is 9.05 Å². The standard InChI is InChI=1S/C14H14N4O2/c1-2-4-11(5-3-1)8-13-17-14(20-18-13)10-15-9-12-6-7-16-19-12/h1-7,15H,8-10H2. The summed E-state index contributed by atoms with van der Waals surface area (Å²) >= 11 is 0. The van der Waals surface area contributed by atoms with Gasteiger partial charge in [-0.25, -0.2) is 0 Å². The zero-order chi connectivity index (χ0) is 13.6. The summed E-state index contributed by atoms with van der Waals surface area (Å²) in [7, 11) is 0. The maximum absolute atomic E-state index is 5.19. The first kappa shape index (κ1) is 12.6. The van der Waals surface area contributed by atoms with Gasteiger partial charge in [-0.05, 0) is 5.56 Å². The molecular formula is C14H14N4O2. The van der Waals surface area contributed by atoms with Crippen LogP contribution in [0.15, 0.2) is 51.6 Å². The van der Waals surface area contributed by atoms with Crippen molar-refractivity contribution in [2.45, 2.75) is 19.5 Å². The highest BCUT2D eigenvalue weighted by molar-refractivity contribution is 5.18. The van der Waals surface area contributed by atoms with Crippen LogP contribution in [0, 0.1) is 0 Å². The molecule has 6 nitrogen and oxygen atoms in total. The summed E-state index contributed by atoms with van der Waals surface area (Å²) in [6.07, 6.45) is 2.29. The van der Waals surface area contributed by atoms with E-state index in [4.69, 9.17) is 9.05 Å². The summed E-state index contributed by atoms with van der Waals surface area (Å²) < 4.78 is 10.2. The van der Waals surface area contributed by atoms with E-state index in [9.17, 15) is 0 Å². The Morgan fingerprint density at radius 2 is 1.90 bits per heavy atom. The highest BCUT2D eigenvalue weighted by Crippen LogP contribution is 2.06. The molecule has 0 radical (unpaired) electrons. The zero-order valence-electron chi connectivity index (χ0n) is 10.8. The average Bonchev–Trinajstić information content (AvgIpc) is 3.12. The van der Waals surface area contributed by atoms with E-state index in [0.717, 1.165) is 11.3 Å². The lowest BCUT2D eigenvalue weighted by Gasteiger charge is -1.96. The summed E-state index contributed by atoms with van der Waals surface area (Å²) in [4.78, 5) is 4.34. The van der Waals surface area contributed by atoms with Crippen molar-refractivity contribution in [2.75, 3.05) is 0 Å². The Kier molecular flexibility index (Phi) is 3.84. The van der Waals surface area contributed by atoms with Crippen LogP contribution < -0.4 is 5.32 Å². The lowest BCUT2D eigenvalue weighted by Crippen LogP contribution is -2.12. The lowest BCUT2D eigenvalue weighted by molar-refractivity contribution is 0.347. The molecule has 102 valence electrons. The van der Waals surface area contributed by atoms with Crippen LogP contribution in [0.3, 0.4) is 0 Å². The molecule has 0 bridgehead atoms. The predicted octanol–water partition coefficient (Wildman–Crippen LogP) is 1.94. The van der Waals surface area contributed by atoms with Gasteiger partial charge in [0.05, 0.1) is 19.3 Å². The second-order valence-corrected chi connectivity index (χ2v) is 4.35. The van der Waals surface area contributed by atoms with Gasteiger partial charge in [-0.3, -0.25) is 0 Å². The third kappa shape index (κ3) is 3.30. The second kappa shape index (κ2) is 6.12. The van der Waals surface area contributed by atoms with E-state index in [2.05, 4.69) is 20.6 Å². The Morgan fingerprint density at radius 3 is 2.70 bits per heavy atom. The summed E-state index contributed by atoms with van der Waals surface area (Å²) in [5, 5.41) is 10.7. The maximum Gasteiger partial charge on any atom is 0.240 e. The highest BCUT2D eigenvalue weighted by Gasteiger charge is 2.07. The third-order valence-corrected chi connectivity index (χ3v) is 2.78. The van der Waals surface area contributed by atoms with Crippen LogP contribution >= 0.6 is 0 Å². The van der Waals surface area contributed by atoms with E-state index in [0.29, 0.717) is 31.2 Å². The van der Waals surface area contributed by atoms with Crippen molar-refractivity contribution in [3.63, 3.8) is 0 Å². The fourth-order valence-corrected chi connectivity index (χ4v) is 1.84. The van der Waals surface area contributed by atoms with E-state index in [-0.39, 0.29) is 0 Å². The second-order valence-electron chi connectivity index (χ2n) is 4.35. The third-order valence-electron chi connectivity index (χ3n) is 2.78. The number of nitrogens with zero attached hydrogens (tertiary/aromatic N) is 3. The van der Waals surface area contributed by atoms with E-state index >= 15 is 0 Å². The van der Waals surface area contributed by atoms with Crippen molar-refractivity contribution in [2.24, 2.45) is 0 Å². The summed E-state index contributed by atoms with van der Waals surface area (Å²) in [6, 6.07) is 11.9. The SMILES string of the molecule is c1ccc(Cc2noc(CNCc3ccno3)n2)cc1. The average molecular weight is 270 g/mol. The molecule has 0 aliphatic rings. The fraction of sp³-hybridized carbons (Fsp3) is 0.214. The maximum atomic E-state index is 5.19. The smallest absolute Gasteiger partial charge is 0.240 e. The Bertz CT molecular complexity index is 634. The molecular weight excluding hydrogens is 256 g/mol. The van der Waals surface area contributed by atoms with E-state index < -0.39 is 0 Å². The van der Waals surface area contributed by atoms with Gasteiger partial charge in [0.25, 0.3) is 0 Å². The predicted molar refractivity (Wildman–Crippen MR) is 70.6 cm³/mol. The van der Waals surface area contributed by atoms with Crippen LogP contribution in [0.2, 0.25) is 0 Å². The van der Waals surface area contributed by atoms with E-state index in [1.807, 2.05) is 36.4 Å². The molecule has 0 fully saturated rings. The van der Waals surface area contributed by atoms with Crippen molar-refractivity contribution >= 4 is 0 Å². The number of benzene rings is 1. The van der Waals surface area contributed by atoms with Gasteiger partial charge in [-0.1, -0.05) is 40.6 Å². The van der Waals surface area contributed by atoms with Crippen molar-refractivity contribution in [3.05, 3.63) is 65.6 Å². The van der Waals surface area contributed by atoms with Gasteiger partial charge in [0.2, 0.25) is 5.89 Å². The van der Waals surface area contributed by atoms with Gasteiger partial charge in [-0.2, -0.15) is 4.98 Å². The minimum Gasteiger partial charge on any atom is -0.360 e. The molecule has 0 atom stereocenters. The van der Waals surface area contributed by atoms with Crippen LogP contribution in [-0.2, 0) is 19.5 Å². The lowest BCUT2D eigenvalue weighted by atomic mass is 10.1. The topological polar surface area (TPSA) is 77.0 Å². The van der Waals surface area contributed by atoms with E-state index in [1.165, 1.54) is 0 Å². The monoisotopic (exact) mass is 270 g/mol. The minimum atomic E-state index is 0.502. The number of hydrogen-bond acceptors (Lipinski definition) is 6. The van der Waals surface area contributed by atoms with E-state index in [1.54, 1.807) is 6.20 Å². The van der Waals surface area contributed by atoms with Gasteiger partial charge in [0.1, 0.15) is 5.76 Å². The number of hydrogen-bond donors (Lipinski definition) is 1. The molecule has 0 unspecified atom stereocenters. The molecule has 3 aromatic rings. The first-order valence-electron chi connectivity index (χ1n) is 6.36. The Hall–Kier alpha value is -2.47. The number of rotatable bonds is 6. The molecule has 0 aliphatic carbocycles. The van der Waals surface area contributed by atoms with Crippen LogP contribution in [-0.4, -0.2) is 15.3 Å². The molecule has 0 aliphatic heterocycles. The molecule has 1 aromatic carbocycles. The number of nitrogens with one attached hydrogen (secondary N) is 1. The molecule has 20 heavy (non-hydrogen) atoms. The Balaban J connectivity index is 1.52. The first-order valence-corrected chi connectivity index (χ1v) is 6.36. The van der Waals surface area contributed by atoms with Crippen molar-refractivity contribution in [3.8, 4) is 0 Å². The van der Waals surface area contributed by atoms with Gasteiger partial charge < -0.3 is 14.4 Å². The normalized spacial score (nSPS) is 10.8. The molecule has 0 saturated heterocycles. The summed E-state index contributed by atoms with van der Waals surface area (Å²) in [5.41, 5.74) is 1.16. The van der Waals surface area contributed by atoms with Crippen LogP contribution in [0.25, 0.3) is 0 Å². The molecule has 1 N–H and O–H groups in total. The summed E-state index contributed by atoms with van der Waals surface area (Å²) in [5.74, 6) is 2.03. The van der Waals surface area contributed by atoms with Crippen molar-refractivity contribution in [1.29, 1.82) is 0 Å². The van der Waals surface area contributed by atoms with Crippen molar-refractivity contribution in [1.82, 2.24) is 20.6 Å². The molecule has 3 rings (SSSR count). The van der Waals surface area contributed by atoms with Gasteiger partial charge in [-0.15, -0.1) is 0 Å². The van der Waals surface area contributed by atoms with Gasteiger partial charge in [0.15, 0.2) is 5.82 Å². The minimum absolute atomic E-state index is 0.502. The Labute approximate surface area is 115 Å². The zero-order valence-corrected chi connectivity index (χ0v) is 10.8. The largest absolute Gasteiger partial charge is 0.360 e. The molecule has 0 saturated carbocycles. The highest BCUT2D eigenvalue weighted by atomic mass is 16.5. The molecule has 0 amide bonds. The van der Waals surface area contributed by atoms with Crippen LogP contribution in [0.1, 0.15) is 23.0 Å². The van der Waals surface area contributed by atoms with Gasteiger partial charge in [0, 0.05) is 12.5 Å². The quantitative estimate of drug-likeness (QED) is 0.737. The van der Waals surface area contributed by atoms with Crippen LogP contribution in [0.5, 0.6) is 0 Å². The fourth-order valence-electron chi connectivity index (χ4n) is 1.84. The molecule has 0 spiro atoms. The Morgan fingerprint density at radius 1 is 1.00 bits per heavy atom. The molecule has 2 aromatic heterocycles. The first-order chi connectivity index (χ1) is 9.90.